The Morgan fingerprint density at radius 3 is 2.66 bits per heavy atom. The maximum atomic E-state index is 12.3. The van der Waals surface area contributed by atoms with Crippen molar-refractivity contribution in [3.63, 3.8) is 0 Å². The highest BCUT2D eigenvalue weighted by atomic mass is 35.5. The number of amides is 3. The van der Waals surface area contributed by atoms with Crippen LogP contribution in [0.25, 0.3) is 6.08 Å². The molecule has 3 amide bonds. The molecule has 0 bridgehead atoms. The first-order valence-corrected chi connectivity index (χ1v) is 10.2. The number of nitrogens with one attached hydrogen (secondary N) is 1. The summed E-state index contributed by atoms with van der Waals surface area (Å²) in [6.07, 6.45) is 2.33. The predicted octanol–water partition coefficient (Wildman–Crippen LogP) is 4.80. The number of ether oxygens (including phenoxy) is 1. The van der Waals surface area contributed by atoms with Crippen LogP contribution in [0.3, 0.4) is 0 Å². The van der Waals surface area contributed by atoms with E-state index in [-0.39, 0.29) is 23.7 Å². The molecular weight excluding hydrogens is 412 g/mol. The first-order chi connectivity index (χ1) is 14.0. The molecule has 1 saturated heterocycles. The van der Waals surface area contributed by atoms with Crippen LogP contribution < -0.4 is 10.1 Å². The van der Waals surface area contributed by atoms with Gasteiger partial charge in [0.15, 0.2) is 6.61 Å². The van der Waals surface area contributed by atoms with E-state index in [4.69, 9.17) is 16.3 Å². The number of hydrogen-bond acceptors (Lipinski definition) is 5. The van der Waals surface area contributed by atoms with Gasteiger partial charge in [0.25, 0.3) is 17.1 Å². The first kappa shape index (κ1) is 21.0. The van der Waals surface area contributed by atoms with E-state index in [9.17, 15) is 14.4 Å². The SMILES string of the molecule is CCCN1C(=O)S/C(=C/c2ccc(OCC(=O)Nc3ccccc3)c(Cl)c2)C1=O. The van der Waals surface area contributed by atoms with Gasteiger partial charge in [-0.3, -0.25) is 19.3 Å². The standard InChI is InChI=1S/C21H19ClN2O4S/c1-2-10-24-20(26)18(29-21(24)27)12-14-8-9-17(16(22)11-14)28-13-19(25)23-15-6-4-3-5-7-15/h3-9,11-12H,2,10,13H2,1H3,(H,23,25)/b18-12+. The van der Waals surface area contributed by atoms with Gasteiger partial charge in [-0.05, 0) is 54.1 Å². The molecular formula is C21H19ClN2O4S. The lowest BCUT2D eigenvalue weighted by molar-refractivity contribution is -0.122. The van der Waals surface area contributed by atoms with Crippen molar-refractivity contribution < 1.29 is 19.1 Å². The fourth-order valence-electron chi connectivity index (χ4n) is 2.65. The third-order valence-corrected chi connectivity index (χ3v) is 5.19. The Morgan fingerprint density at radius 2 is 1.97 bits per heavy atom. The molecule has 2 aromatic rings. The molecule has 0 spiro atoms. The van der Waals surface area contributed by atoms with E-state index in [1.165, 1.54) is 4.90 Å². The third kappa shape index (κ3) is 5.40. The Hall–Kier alpha value is -2.77. The number of thioether (sulfide) groups is 1. The molecule has 6 nitrogen and oxygen atoms in total. The minimum atomic E-state index is -0.305. The summed E-state index contributed by atoms with van der Waals surface area (Å²) in [5.41, 5.74) is 1.35. The molecule has 3 rings (SSSR count). The van der Waals surface area contributed by atoms with Gasteiger partial charge in [-0.25, -0.2) is 0 Å². The summed E-state index contributed by atoms with van der Waals surface area (Å²) in [5, 5.41) is 2.76. The minimum absolute atomic E-state index is 0.191. The van der Waals surface area contributed by atoms with Crippen LogP contribution in [0.5, 0.6) is 5.75 Å². The Bertz CT molecular complexity index is 962. The fourth-order valence-corrected chi connectivity index (χ4v) is 3.76. The quantitative estimate of drug-likeness (QED) is 0.638. The first-order valence-electron chi connectivity index (χ1n) is 9.00. The predicted molar refractivity (Wildman–Crippen MR) is 115 cm³/mol. The van der Waals surface area contributed by atoms with E-state index in [0.717, 1.165) is 11.8 Å². The lowest BCUT2D eigenvalue weighted by Gasteiger charge is -2.10. The molecule has 1 fully saturated rings. The molecule has 0 saturated carbocycles. The number of nitrogens with zero attached hydrogens (tertiary/aromatic N) is 1. The highest BCUT2D eigenvalue weighted by Gasteiger charge is 2.34. The number of carbonyl (C=O) groups excluding carboxylic acids is 3. The van der Waals surface area contributed by atoms with Gasteiger partial charge in [0.2, 0.25) is 0 Å². The fraction of sp³-hybridized carbons (Fsp3) is 0.190. The number of halogens is 1. The van der Waals surface area contributed by atoms with Crippen LogP contribution in [0, 0.1) is 0 Å². The van der Waals surface area contributed by atoms with Crippen LogP contribution in [-0.4, -0.2) is 35.1 Å². The number of imide groups is 1. The lowest BCUT2D eigenvalue weighted by Crippen LogP contribution is -2.28. The second-order valence-corrected chi connectivity index (χ2v) is 7.63. The van der Waals surface area contributed by atoms with Crippen molar-refractivity contribution in [1.29, 1.82) is 0 Å². The molecule has 1 aliphatic rings. The number of para-hydroxylation sites is 1. The normalized spacial score (nSPS) is 15.1. The van der Waals surface area contributed by atoms with Gasteiger partial charge in [-0.15, -0.1) is 0 Å². The van der Waals surface area contributed by atoms with Crippen molar-refractivity contribution >= 4 is 52.2 Å². The number of hydrogen-bond donors (Lipinski definition) is 1. The second kappa shape index (κ2) is 9.62. The zero-order valence-electron chi connectivity index (χ0n) is 15.7. The van der Waals surface area contributed by atoms with Crippen LogP contribution >= 0.6 is 23.4 Å². The van der Waals surface area contributed by atoms with Gasteiger partial charge in [0.05, 0.1) is 9.93 Å². The lowest BCUT2D eigenvalue weighted by atomic mass is 10.2. The van der Waals surface area contributed by atoms with E-state index in [1.807, 2.05) is 25.1 Å². The third-order valence-electron chi connectivity index (χ3n) is 3.99. The van der Waals surface area contributed by atoms with Gasteiger partial charge in [-0.2, -0.15) is 0 Å². The highest BCUT2D eigenvalue weighted by molar-refractivity contribution is 8.18. The second-order valence-electron chi connectivity index (χ2n) is 6.23. The van der Waals surface area contributed by atoms with E-state index in [1.54, 1.807) is 36.4 Å². The van der Waals surface area contributed by atoms with Gasteiger partial charge < -0.3 is 10.1 Å². The molecule has 29 heavy (non-hydrogen) atoms. The average Bonchev–Trinajstić information content (AvgIpc) is 2.96. The summed E-state index contributed by atoms with van der Waals surface area (Å²) in [6, 6.07) is 14.0. The summed E-state index contributed by atoms with van der Waals surface area (Å²) in [4.78, 5) is 37.8. The summed E-state index contributed by atoms with van der Waals surface area (Å²) < 4.78 is 5.48. The molecule has 1 heterocycles. The Balaban J connectivity index is 1.62. The van der Waals surface area contributed by atoms with Crippen molar-refractivity contribution in [3.05, 3.63) is 64.0 Å². The maximum absolute atomic E-state index is 12.3. The number of anilines is 1. The molecule has 0 aromatic heterocycles. The number of benzene rings is 2. The smallest absolute Gasteiger partial charge is 0.293 e. The zero-order valence-corrected chi connectivity index (χ0v) is 17.3. The van der Waals surface area contributed by atoms with Gasteiger partial charge >= 0.3 is 0 Å². The van der Waals surface area contributed by atoms with Crippen molar-refractivity contribution in [2.75, 3.05) is 18.5 Å². The maximum Gasteiger partial charge on any atom is 0.293 e. The van der Waals surface area contributed by atoms with E-state index < -0.39 is 0 Å². The minimum Gasteiger partial charge on any atom is -0.482 e. The molecule has 150 valence electrons. The van der Waals surface area contributed by atoms with Crippen LogP contribution in [0.4, 0.5) is 10.5 Å². The van der Waals surface area contributed by atoms with Crippen LogP contribution in [0.2, 0.25) is 5.02 Å². The van der Waals surface area contributed by atoms with Crippen LogP contribution in [-0.2, 0) is 9.59 Å². The molecule has 0 unspecified atom stereocenters. The largest absolute Gasteiger partial charge is 0.482 e. The van der Waals surface area contributed by atoms with Gasteiger partial charge in [0.1, 0.15) is 5.75 Å². The molecule has 0 atom stereocenters. The van der Waals surface area contributed by atoms with Crippen LogP contribution in [0.1, 0.15) is 18.9 Å². The topological polar surface area (TPSA) is 75.7 Å². The van der Waals surface area contributed by atoms with Crippen molar-refractivity contribution in [2.45, 2.75) is 13.3 Å². The zero-order chi connectivity index (χ0) is 20.8. The summed E-state index contributed by atoms with van der Waals surface area (Å²) in [5.74, 6) is -0.247. The Labute approximate surface area is 177 Å². The van der Waals surface area contributed by atoms with E-state index in [2.05, 4.69) is 5.32 Å². The summed E-state index contributed by atoms with van der Waals surface area (Å²) >= 11 is 7.16. The van der Waals surface area contributed by atoms with E-state index in [0.29, 0.717) is 39.9 Å². The summed E-state index contributed by atoms with van der Waals surface area (Å²) in [7, 11) is 0. The molecule has 1 aliphatic heterocycles. The number of rotatable bonds is 7. The number of carbonyl (C=O) groups is 3. The Morgan fingerprint density at radius 1 is 1.21 bits per heavy atom. The molecule has 1 N–H and O–H groups in total. The van der Waals surface area contributed by atoms with Gasteiger partial charge in [0, 0.05) is 12.2 Å². The summed E-state index contributed by atoms with van der Waals surface area (Å²) in [6.45, 7) is 2.12. The average molecular weight is 431 g/mol. The molecule has 2 aromatic carbocycles. The molecule has 0 aliphatic carbocycles. The molecule has 8 heteroatoms. The molecule has 0 radical (unpaired) electrons. The van der Waals surface area contributed by atoms with Gasteiger partial charge in [-0.1, -0.05) is 42.8 Å². The van der Waals surface area contributed by atoms with E-state index >= 15 is 0 Å². The highest BCUT2D eigenvalue weighted by Crippen LogP contribution is 2.33. The monoisotopic (exact) mass is 430 g/mol. The van der Waals surface area contributed by atoms with Crippen molar-refractivity contribution in [1.82, 2.24) is 4.90 Å². The van der Waals surface area contributed by atoms with Crippen molar-refractivity contribution in [3.8, 4) is 5.75 Å². The Kier molecular flexibility index (Phi) is 6.95. The van der Waals surface area contributed by atoms with Crippen molar-refractivity contribution in [2.24, 2.45) is 0 Å². The van der Waals surface area contributed by atoms with Crippen LogP contribution in [0.15, 0.2) is 53.4 Å².